The van der Waals surface area contributed by atoms with E-state index in [-0.39, 0.29) is 0 Å². The van der Waals surface area contributed by atoms with Gasteiger partial charge >= 0.3 is 0 Å². The number of anilines is 2. The highest BCUT2D eigenvalue weighted by Crippen LogP contribution is 2.23. The van der Waals surface area contributed by atoms with Gasteiger partial charge < -0.3 is 11.1 Å². The summed E-state index contributed by atoms with van der Waals surface area (Å²) in [6, 6.07) is 3.81. The Bertz CT molecular complexity index is 607. The number of nitrogens with zero attached hydrogens (tertiary/aromatic N) is 2. The van der Waals surface area contributed by atoms with Gasteiger partial charge in [0.1, 0.15) is 5.82 Å². The van der Waals surface area contributed by atoms with Gasteiger partial charge in [0.25, 0.3) is 0 Å². The number of nitrogens with one attached hydrogen (secondary N) is 1. The molecule has 20 heavy (non-hydrogen) atoms. The largest absolute Gasteiger partial charge is 0.394 e. The number of rotatable bonds is 5. The third kappa shape index (κ3) is 2.89. The quantitative estimate of drug-likeness (QED) is 0.885. The minimum atomic E-state index is -0.853. The predicted octanol–water partition coefficient (Wildman–Crippen LogP) is 2.85. The van der Waals surface area contributed by atoms with Crippen molar-refractivity contribution in [2.24, 2.45) is 7.05 Å². The first-order valence-electron chi connectivity index (χ1n) is 6.52. The molecule has 0 fully saturated rings. The van der Waals surface area contributed by atoms with E-state index in [4.69, 9.17) is 5.73 Å². The second-order valence-corrected chi connectivity index (χ2v) is 4.68. The zero-order chi connectivity index (χ0) is 14.7. The van der Waals surface area contributed by atoms with Crippen LogP contribution in [0.3, 0.4) is 0 Å². The molecule has 0 spiro atoms. The van der Waals surface area contributed by atoms with Gasteiger partial charge in [-0.05, 0) is 24.1 Å². The summed E-state index contributed by atoms with van der Waals surface area (Å²) >= 11 is 0. The van der Waals surface area contributed by atoms with Crippen LogP contribution in [0.15, 0.2) is 18.2 Å². The highest BCUT2D eigenvalue weighted by Gasteiger charge is 2.12. The average molecular weight is 280 g/mol. The maximum atomic E-state index is 13.1. The van der Waals surface area contributed by atoms with Gasteiger partial charge in [-0.1, -0.05) is 19.4 Å². The summed E-state index contributed by atoms with van der Waals surface area (Å²) in [5.74, 6) is -1.01. The summed E-state index contributed by atoms with van der Waals surface area (Å²) in [6.07, 6.45) is 1.77. The van der Waals surface area contributed by atoms with E-state index in [9.17, 15) is 8.78 Å². The molecule has 0 bridgehead atoms. The topological polar surface area (TPSA) is 55.9 Å². The molecule has 0 saturated heterocycles. The van der Waals surface area contributed by atoms with Gasteiger partial charge in [-0.2, -0.15) is 5.10 Å². The maximum Gasteiger partial charge on any atom is 0.159 e. The molecule has 3 N–H and O–H groups in total. The molecule has 0 saturated carbocycles. The van der Waals surface area contributed by atoms with E-state index in [2.05, 4.69) is 17.3 Å². The Balaban J connectivity index is 2.12. The fourth-order valence-electron chi connectivity index (χ4n) is 2.06. The molecule has 0 radical (unpaired) electrons. The molecule has 4 nitrogen and oxygen atoms in total. The Morgan fingerprint density at radius 1 is 1.30 bits per heavy atom. The van der Waals surface area contributed by atoms with Crippen molar-refractivity contribution in [1.82, 2.24) is 9.78 Å². The molecule has 2 rings (SSSR count). The number of hydrogen-bond donors (Lipinski definition) is 2. The predicted molar refractivity (Wildman–Crippen MR) is 75.3 cm³/mol. The molecule has 0 aliphatic heterocycles. The zero-order valence-electron chi connectivity index (χ0n) is 11.6. The van der Waals surface area contributed by atoms with E-state index in [1.54, 1.807) is 11.7 Å². The second kappa shape index (κ2) is 5.90. The molecule has 0 unspecified atom stereocenters. The third-order valence-electron chi connectivity index (χ3n) is 3.09. The standard InChI is InChI=1S/C14H18F2N4/c1-3-4-12-13(17)14(20(2)19-12)18-8-9-5-6-10(15)11(16)7-9/h5-7,18H,3-4,8,17H2,1-2H3. The van der Waals surface area contributed by atoms with E-state index in [0.29, 0.717) is 23.6 Å². The molecule has 0 aliphatic rings. The summed E-state index contributed by atoms with van der Waals surface area (Å²) in [7, 11) is 1.79. The molecule has 2 aromatic rings. The lowest BCUT2D eigenvalue weighted by atomic mass is 10.2. The van der Waals surface area contributed by atoms with Crippen molar-refractivity contribution in [3.8, 4) is 0 Å². The summed E-state index contributed by atoms with van der Waals surface area (Å²) < 4.78 is 27.6. The van der Waals surface area contributed by atoms with Gasteiger partial charge in [0, 0.05) is 13.6 Å². The van der Waals surface area contributed by atoms with Crippen LogP contribution >= 0.6 is 0 Å². The first-order valence-corrected chi connectivity index (χ1v) is 6.52. The number of benzene rings is 1. The summed E-state index contributed by atoms with van der Waals surface area (Å²) in [6.45, 7) is 2.41. The minimum Gasteiger partial charge on any atom is -0.394 e. The van der Waals surface area contributed by atoms with Crippen LogP contribution in [0.1, 0.15) is 24.6 Å². The lowest BCUT2D eigenvalue weighted by Crippen LogP contribution is -2.06. The molecule has 0 atom stereocenters. The number of nitrogens with two attached hydrogens (primary N) is 1. The minimum absolute atomic E-state index is 0.354. The lowest BCUT2D eigenvalue weighted by Gasteiger charge is -2.08. The van der Waals surface area contributed by atoms with Crippen molar-refractivity contribution in [1.29, 1.82) is 0 Å². The molecular formula is C14H18F2N4. The van der Waals surface area contributed by atoms with Gasteiger partial charge in [0.15, 0.2) is 11.6 Å². The van der Waals surface area contributed by atoms with Gasteiger partial charge in [-0.3, -0.25) is 4.68 Å². The zero-order valence-corrected chi connectivity index (χ0v) is 11.6. The SMILES string of the molecule is CCCc1nn(C)c(NCc2ccc(F)c(F)c2)c1N. The van der Waals surface area contributed by atoms with E-state index in [0.717, 1.165) is 24.6 Å². The van der Waals surface area contributed by atoms with Crippen molar-refractivity contribution < 1.29 is 8.78 Å². The number of halogens is 2. The van der Waals surface area contributed by atoms with Gasteiger partial charge in [-0.25, -0.2) is 8.78 Å². The van der Waals surface area contributed by atoms with Crippen molar-refractivity contribution in [2.75, 3.05) is 11.1 Å². The van der Waals surface area contributed by atoms with Crippen LogP contribution in [0.2, 0.25) is 0 Å². The Morgan fingerprint density at radius 2 is 2.05 bits per heavy atom. The van der Waals surface area contributed by atoms with Crippen LogP contribution in [-0.4, -0.2) is 9.78 Å². The molecule has 0 amide bonds. The Morgan fingerprint density at radius 3 is 2.70 bits per heavy atom. The molecule has 0 aliphatic carbocycles. The van der Waals surface area contributed by atoms with Crippen LogP contribution in [0.5, 0.6) is 0 Å². The van der Waals surface area contributed by atoms with Crippen molar-refractivity contribution >= 4 is 11.5 Å². The number of aryl methyl sites for hydroxylation is 2. The molecule has 1 aromatic heterocycles. The third-order valence-corrected chi connectivity index (χ3v) is 3.09. The first-order chi connectivity index (χ1) is 9.52. The summed E-state index contributed by atoms with van der Waals surface area (Å²) in [4.78, 5) is 0. The van der Waals surface area contributed by atoms with E-state index in [1.165, 1.54) is 12.1 Å². The van der Waals surface area contributed by atoms with Crippen molar-refractivity contribution in [2.45, 2.75) is 26.3 Å². The van der Waals surface area contributed by atoms with Crippen LogP contribution in [0, 0.1) is 11.6 Å². The normalized spacial score (nSPS) is 10.8. The number of hydrogen-bond acceptors (Lipinski definition) is 3. The van der Waals surface area contributed by atoms with Crippen molar-refractivity contribution in [3.05, 3.63) is 41.1 Å². The molecule has 1 aromatic carbocycles. The molecule has 6 heteroatoms. The van der Waals surface area contributed by atoms with E-state index < -0.39 is 11.6 Å². The van der Waals surface area contributed by atoms with E-state index in [1.807, 2.05) is 0 Å². The molecule has 1 heterocycles. The number of aromatic nitrogens is 2. The fourth-order valence-corrected chi connectivity index (χ4v) is 2.06. The average Bonchev–Trinajstić information content (AvgIpc) is 2.67. The van der Waals surface area contributed by atoms with Gasteiger partial charge in [-0.15, -0.1) is 0 Å². The maximum absolute atomic E-state index is 13.1. The highest BCUT2D eigenvalue weighted by molar-refractivity contribution is 5.65. The number of nitrogen functional groups attached to an aromatic ring is 1. The van der Waals surface area contributed by atoms with Crippen LogP contribution < -0.4 is 11.1 Å². The van der Waals surface area contributed by atoms with Gasteiger partial charge in [0.2, 0.25) is 0 Å². The van der Waals surface area contributed by atoms with E-state index >= 15 is 0 Å². The molecular weight excluding hydrogens is 262 g/mol. The monoisotopic (exact) mass is 280 g/mol. The van der Waals surface area contributed by atoms with Gasteiger partial charge in [0.05, 0.1) is 11.4 Å². The summed E-state index contributed by atoms with van der Waals surface area (Å²) in [5, 5.41) is 7.45. The van der Waals surface area contributed by atoms with Crippen molar-refractivity contribution in [3.63, 3.8) is 0 Å². The molecule has 108 valence electrons. The second-order valence-electron chi connectivity index (χ2n) is 4.68. The smallest absolute Gasteiger partial charge is 0.159 e. The first kappa shape index (κ1) is 14.3. The van der Waals surface area contributed by atoms with Crippen LogP contribution in [-0.2, 0) is 20.0 Å². The fraction of sp³-hybridized carbons (Fsp3) is 0.357. The lowest BCUT2D eigenvalue weighted by molar-refractivity contribution is 0.507. The Labute approximate surface area is 116 Å². The van der Waals surface area contributed by atoms with Crippen LogP contribution in [0.25, 0.3) is 0 Å². The highest BCUT2D eigenvalue weighted by atomic mass is 19.2. The Hall–Kier alpha value is -2.11. The summed E-state index contributed by atoms with van der Waals surface area (Å²) in [5.41, 5.74) is 8.13. The van der Waals surface area contributed by atoms with Crippen LogP contribution in [0.4, 0.5) is 20.3 Å². The Kier molecular flexibility index (Phi) is 4.22.